The second-order valence-corrected chi connectivity index (χ2v) is 6.29. The number of aromatic nitrogens is 1. The van der Waals surface area contributed by atoms with E-state index in [4.69, 9.17) is 9.47 Å². The summed E-state index contributed by atoms with van der Waals surface area (Å²) in [4.78, 5) is 35.2. The minimum absolute atomic E-state index is 0.0815. The molecular formula is C19H26N4O5. The quantitative estimate of drug-likeness (QED) is 0.414. The standard InChI is InChI=1S/C19H26N4O5/c1-11-7-15(13(3)23(11)12(2)10-27-6)8-16(9-20)18(25)28-14(4)17(24)22-19(26)21-5/h7-8,12,14H,10H2,1-6H3,(H2,21,22,24,26)/b16-8+/t12-,14+/m0/s1. The van der Waals surface area contributed by atoms with Gasteiger partial charge in [0.05, 0.1) is 12.6 Å². The molecule has 2 N–H and O–H groups in total. The number of aryl methyl sites for hydroxylation is 1. The number of nitriles is 1. The first-order chi connectivity index (χ1) is 13.2. The van der Waals surface area contributed by atoms with Gasteiger partial charge in [-0.3, -0.25) is 10.1 Å². The average molecular weight is 390 g/mol. The monoisotopic (exact) mass is 390 g/mol. The van der Waals surface area contributed by atoms with Crippen LogP contribution in [0.2, 0.25) is 0 Å². The van der Waals surface area contributed by atoms with Crippen molar-refractivity contribution in [3.8, 4) is 6.07 Å². The second kappa shape index (κ2) is 10.3. The largest absolute Gasteiger partial charge is 0.448 e. The Bertz CT molecular complexity index is 819. The van der Waals surface area contributed by atoms with Crippen molar-refractivity contribution in [2.24, 2.45) is 0 Å². The number of hydrogen-bond acceptors (Lipinski definition) is 6. The van der Waals surface area contributed by atoms with E-state index in [1.54, 1.807) is 13.2 Å². The summed E-state index contributed by atoms with van der Waals surface area (Å²) < 4.78 is 12.2. The van der Waals surface area contributed by atoms with Gasteiger partial charge >= 0.3 is 12.0 Å². The highest BCUT2D eigenvalue weighted by Gasteiger charge is 2.22. The molecular weight excluding hydrogens is 364 g/mol. The number of carbonyl (C=O) groups is 3. The Morgan fingerprint density at radius 1 is 1.32 bits per heavy atom. The number of rotatable bonds is 7. The van der Waals surface area contributed by atoms with Crippen LogP contribution in [-0.2, 0) is 19.1 Å². The molecule has 0 spiro atoms. The number of methoxy groups -OCH3 is 1. The molecule has 0 aromatic carbocycles. The summed E-state index contributed by atoms with van der Waals surface area (Å²) in [6, 6.07) is 3.01. The van der Waals surface area contributed by atoms with Gasteiger partial charge in [-0.2, -0.15) is 5.26 Å². The maximum atomic E-state index is 12.3. The maximum absolute atomic E-state index is 12.3. The predicted octanol–water partition coefficient (Wildman–Crippen LogP) is 1.61. The number of urea groups is 1. The Morgan fingerprint density at radius 3 is 2.50 bits per heavy atom. The minimum atomic E-state index is -1.24. The van der Waals surface area contributed by atoms with E-state index >= 15 is 0 Å². The third kappa shape index (κ3) is 5.69. The lowest BCUT2D eigenvalue weighted by molar-refractivity contribution is -0.150. The van der Waals surface area contributed by atoms with Gasteiger partial charge in [-0.15, -0.1) is 0 Å². The van der Waals surface area contributed by atoms with Gasteiger partial charge < -0.3 is 19.4 Å². The molecule has 1 aromatic heterocycles. The second-order valence-electron chi connectivity index (χ2n) is 6.29. The Balaban J connectivity index is 3.02. The van der Waals surface area contributed by atoms with Gasteiger partial charge in [-0.1, -0.05) is 0 Å². The molecule has 0 fully saturated rings. The smallest absolute Gasteiger partial charge is 0.349 e. The van der Waals surface area contributed by atoms with Crippen LogP contribution in [0.4, 0.5) is 4.79 Å². The SMILES string of the molecule is CNC(=O)NC(=O)[C@@H](C)OC(=O)/C(C#N)=C/c1cc(C)n([C@@H](C)COC)c1C. The number of nitrogens with one attached hydrogen (secondary N) is 2. The number of nitrogens with zero attached hydrogens (tertiary/aromatic N) is 2. The number of carbonyl (C=O) groups excluding carboxylic acids is 3. The van der Waals surface area contributed by atoms with Gasteiger partial charge in [-0.25, -0.2) is 9.59 Å². The molecule has 0 bridgehead atoms. The summed E-state index contributed by atoms with van der Waals surface area (Å²) in [6.45, 7) is 7.63. The van der Waals surface area contributed by atoms with E-state index < -0.39 is 24.0 Å². The fourth-order valence-electron chi connectivity index (χ4n) is 2.79. The van der Waals surface area contributed by atoms with Crippen molar-refractivity contribution in [1.29, 1.82) is 5.26 Å². The van der Waals surface area contributed by atoms with Gasteiger partial charge in [0.25, 0.3) is 5.91 Å². The Kier molecular flexibility index (Phi) is 8.41. The molecule has 0 saturated carbocycles. The molecule has 1 aromatic rings. The normalized spacial score (nSPS) is 13.2. The molecule has 9 nitrogen and oxygen atoms in total. The van der Waals surface area contributed by atoms with E-state index in [1.165, 1.54) is 20.0 Å². The fraction of sp³-hybridized carbons (Fsp3) is 0.474. The lowest BCUT2D eigenvalue weighted by atomic mass is 10.1. The Labute approximate surface area is 164 Å². The zero-order valence-electron chi connectivity index (χ0n) is 17.0. The topological polar surface area (TPSA) is 122 Å². The van der Waals surface area contributed by atoms with Crippen LogP contribution >= 0.6 is 0 Å². The number of hydrogen-bond donors (Lipinski definition) is 2. The van der Waals surface area contributed by atoms with E-state index in [1.807, 2.05) is 32.2 Å². The first kappa shape index (κ1) is 22.9. The van der Waals surface area contributed by atoms with Crippen molar-refractivity contribution in [3.05, 3.63) is 28.6 Å². The van der Waals surface area contributed by atoms with Crippen molar-refractivity contribution in [2.45, 2.75) is 39.8 Å². The highest BCUT2D eigenvalue weighted by molar-refractivity contribution is 6.01. The first-order valence-corrected chi connectivity index (χ1v) is 8.68. The summed E-state index contributed by atoms with van der Waals surface area (Å²) >= 11 is 0. The van der Waals surface area contributed by atoms with E-state index in [0.717, 1.165) is 11.4 Å². The molecule has 0 unspecified atom stereocenters. The van der Waals surface area contributed by atoms with Gasteiger partial charge in [-0.05, 0) is 45.4 Å². The summed E-state index contributed by atoms with van der Waals surface area (Å²) in [7, 11) is 2.97. The van der Waals surface area contributed by atoms with E-state index in [0.29, 0.717) is 12.2 Å². The number of ether oxygens (including phenoxy) is 2. The zero-order valence-corrected chi connectivity index (χ0v) is 17.0. The van der Waals surface area contributed by atoms with Crippen LogP contribution in [-0.4, -0.2) is 49.3 Å². The van der Waals surface area contributed by atoms with Crippen LogP contribution in [0.5, 0.6) is 0 Å². The summed E-state index contributed by atoms with van der Waals surface area (Å²) in [5.41, 5.74) is 2.26. The van der Waals surface area contributed by atoms with E-state index in [2.05, 4.69) is 9.88 Å². The molecule has 0 aliphatic heterocycles. The molecule has 9 heteroatoms. The number of amides is 3. The van der Waals surface area contributed by atoms with Crippen LogP contribution in [0.15, 0.2) is 11.6 Å². The Hall–Kier alpha value is -3.12. The molecule has 0 aliphatic carbocycles. The molecule has 0 radical (unpaired) electrons. The summed E-state index contributed by atoms with van der Waals surface area (Å²) in [6.07, 6.45) is 0.181. The van der Waals surface area contributed by atoms with Crippen LogP contribution in [0.1, 0.15) is 36.8 Å². The lowest BCUT2D eigenvalue weighted by Crippen LogP contribution is -2.43. The van der Waals surface area contributed by atoms with Crippen LogP contribution in [0.3, 0.4) is 0 Å². The van der Waals surface area contributed by atoms with E-state index in [-0.39, 0.29) is 11.6 Å². The summed E-state index contributed by atoms with van der Waals surface area (Å²) in [5.74, 6) is -1.74. The lowest BCUT2D eigenvalue weighted by Gasteiger charge is -2.17. The molecule has 1 heterocycles. The van der Waals surface area contributed by atoms with Crippen LogP contribution in [0.25, 0.3) is 6.08 Å². The molecule has 1 rings (SSSR count). The van der Waals surface area contributed by atoms with Crippen molar-refractivity contribution in [3.63, 3.8) is 0 Å². The van der Waals surface area contributed by atoms with Crippen molar-refractivity contribution in [2.75, 3.05) is 20.8 Å². The van der Waals surface area contributed by atoms with Crippen LogP contribution in [0, 0.1) is 25.2 Å². The van der Waals surface area contributed by atoms with Gasteiger partial charge in [0.1, 0.15) is 11.6 Å². The first-order valence-electron chi connectivity index (χ1n) is 8.68. The third-order valence-electron chi connectivity index (χ3n) is 4.13. The number of esters is 1. The van der Waals surface area contributed by atoms with Crippen molar-refractivity contribution >= 4 is 24.0 Å². The highest BCUT2D eigenvalue weighted by atomic mass is 16.5. The zero-order chi connectivity index (χ0) is 21.4. The van der Waals surface area contributed by atoms with Gasteiger partial charge in [0, 0.05) is 25.5 Å². The molecule has 0 aliphatic rings. The van der Waals surface area contributed by atoms with E-state index in [9.17, 15) is 19.6 Å². The molecule has 28 heavy (non-hydrogen) atoms. The van der Waals surface area contributed by atoms with Crippen molar-refractivity contribution < 1.29 is 23.9 Å². The number of imide groups is 1. The minimum Gasteiger partial charge on any atom is -0.448 e. The Morgan fingerprint density at radius 2 is 1.96 bits per heavy atom. The van der Waals surface area contributed by atoms with Crippen molar-refractivity contribution in [1.82, 2.24) is 15.2 Å². The molecule has 2 atom stereocenters. The third-order valence-corrected chi connectivity index (χ3v) is 4.13. The maximum Gasteiger partial charge on any atom is 0.349 e. The summed E-state index contributed by atoms with van der Waals surface area (Å²) in [5, 5.41) is 13.6. The highest BCUT2D eigenvalue weighted by Crippen LogP contribution is 2.23. The fourth-order valence-corrected chi connectivity index (χ4v) is 2.79. The molecule has 152 valence electrons. The van der Waals surface area contributed by atoms with Gasteiger partial charge in [0.15, 0.2) is 6.10 Å². The molecule has 0 saturated heterocycles. The van der Waals surface area contributed by atoms with Gasteiger partial charge in [0.2, 0.25) is 0 Å². The average Bonchev–Trinajstić information content (AvgIpc) is 2.92. The predicted molar refractivity (Wildman–Crippen MR) is 102 cm³/mol. The molecule has 3 amide bonds. The van der Waals surface area contributed by atoms with Crippen LogP contribution < -0.4 is 10.6 Å².